The van der Waals surface area contributed by atoms with Crippen LogP contribution >= 0.6 is 11.3 Å². The van der Waals surface area contributed by atoms with Gasteiger partial charge in [0.1, 0.15) is 0 Å². The second kappa shape index (κ2) is 4.25. The van der Waals surface area contributed by atoms with Gasteiger partial charge in [-0.2, -0.15) is 0 Å². The molecule has 0 amide bonds. The van der Waals surface area contributed by atoms with Crippen LogP contribution in [0.4, 0.5) is 5.13 Å². The first-order valence-corrected chi connectivity index (χ1v) is 5.76. The topological polar surface area (TPSA) is 54.2 Å². The number of nitrogens with zero attached hydrogens (tertiary/aromatic N) is 2. The Labute approximate surface area is 88.1 Å². The van der Waals surface area contributed by atoms with Crippen molar-refractivity contribution in [3.8, 4) is 0 Å². The van der Waals surface area contributed by atoms with Crippen molar-refractivity contribution < 1.29 is 0 Å². The molecule has 0 saturated carbocycles. The molecule has 2 heterocycles. The zero-order valence-corrected chi connectivity index (χ0v) is 9.18. The van der Waals surface area contributed by atoms with E-state index in [4.69, 9.17) is 5.84 Å². The fourth-order valence-corrected chi connectivity index (χ4v) is 2.62. The highest BCUT2D eigenvalue weighted by Gasteiger charge is 2.20. The van der Waals surface area contributed by atoms with Gasteiger partial charge in [-0.25, -0.2) is 10.8 Å². The van der Waals surface area contributed by atoms with Crippen LogP contribution in [-0.4, -0.2) is 22.5 Å². The first-order chi connectivity index (χ1) is 6.79. The zero-order valence-electron chi connectivity index (χ0n) is 8.36. The van der Waals surface area contributed by atoms with E-state index < -0.39 is 0 Å². The first kappa shape index (κ1) is 9.89. The highest BCUT2D eigenvalue weighted by atomic mass is 32.1. The summed E-state index contributed by atoms with van der Waals surface area (Å²) < 4.78 is 0. The molecule has 1 unspecified atom stereocenters. The predicted octanol–water partition coefficient (Wildman–Crippen LogP) is 1.41. The van der Waals surface area contributed by atoms with Crippen LogP contribution in [-0.2, 0) is 6.54 Å². The summed E-state index contributed by atoms with van der Waals surface area (Å²) in [5.41, 5.74) is 2.57. The predicted molar refractivity (Wildman–Crippen MR) is 59.0 cm³/mol. The molecule has 1 aromatic heterocycles. The normalized spacial score (nSPS) is 22.9. The van der Waals surface area contributed by atoms with Crippen LogP contribution in [0.2, 0.25) is 0 Å². The lowest BCUT2D eigenvalue weighted by atomic mass is 10.2. The summed E-state index contributed by atoms with van der Waals surface area (Å²) in [6.45, 7) is 4.51. The number of aromatic nitrogens is 1. The number of nitrogens with one attached hydrogen (secondary N) is 1. The molecule has 1 aliphatic heterocycles. The van der Waals surface area contributed by atoms with Gasteiger partial charge in [-0.3, -0.25) is 10.3 Å². The number of likely N-dealkylation sites (tertiary alicyclic amines) is 1. The molecule has 78 valence electrons. The van der Waals surface area contributed by atoms with Crippen LogP contribution in [0.3, 0.4) is 0 Å². The van der Waals surface area contributed by atoms with Crippen molar-refractivity contribution in [3.05, 3.63) is 11.1 Å². The smallest absolute Gasteiger partial charge is 0.197 e. The maximum absolute atomic E-state index is 5.28. The van der Waals surface area contributed by atoms with E-state index in [1.165, 1.54) is 24.3 Å². The molecule has 1 aliphatic rings. The Morgan fingerprint density at radius 2 is 2.64 bits per heavy atom. The van der Waals surface area contributed by atoms with Gasteiger partial charge in [0.15, 0.2) is 5.13 Å². The lowest BCUT2D eigenvalue weighted by Crippen LogP contribution is -2.25. The molecule has 4 nitrogen and oxygen atoms in total. The Bertz CT molecular complexity index is 299. The second-order valence-electron chi connectivity index (χ2n) is 3.74. The molecule has 0 aromatic carbocycles. The van der Waals surface area contributed by atoms with E-state index in [0.717, 1.165) is 11.7 Å². The van der Waals surface area contributed by atoms with Crippen molar-refractivity contribution >= 4 is 16.5 Å². The minimum absolute atomic E-state index is 0.714. The van der Waals surface area contributed by atoms with Crippen LogP contribution in [0, 0.1) is 0 Å². The summed E-state index contributed by atoms with van der Waals surface area (Å²) in [7, 11) is 0. The summed E-state index contributed by atoms with van der Waals surface area (Å²) >= 11 is 1.63. The highest BCUT2D eigenvalue weighted by molar-refractivity contribution is 7.15. The Hall–Kier alpha value is -0.650. The maximum atomic E-state index is 5.28. The van der Waals surface area contributed by atoms with Crippen LogP contribution in [0.5, 0.6) is 0 Å². The van der Waals surface area contributed by atoms with Gasteiger partial charge in [-0.1, -0.05) is 11.3 Å². The van der Waals surface area contributed by atoms with E-state index in [0.29, 0.717) is 6.04 Å². The van der Waals surface area contributed by atoms with E-state index >= 15 is 0 Å². The molecule has 3 N–H and O–H groups in total. The quantitative estimate of drug-likeness (QED) is 0.587. The van der Waals surface area contributed by atoms with Crippen LogP contribution in [0.15, 0.2) is 6.20 Å². The summed E-state index contributed by atoms with van der Waals surface area (Å²) in [5.74, 6) is 5.28. The van der Waals surface area contributed by atoms with Gasteiger partial charge in [0.25, 0.3) is 0 Å². The molecule has 0 aliphatic carbocycles. The molecule has 1 fully saturated rings. The number of hydrogen-bond acceptors (Lipinski definition) is 5. The lowest BCUT2D eigenvalue weighted by molar-refractivity contribution is 0.262. The van der Waals surface area contributed by atoms with E-state index in [-0.39, 0.29) is 0 Å². The van der Waals surface area contributed by atoms with Gasteiger partial charge >= 0.3 is 0 Å². The Balaban J connectivity index is 1.96. The number of rotatable bonds is 3. The van der Waals surface area contributed by atoms with Gasteiger partial charge in [0, 0.05) is 23.7 Å². The highest BCUT2D eigenvalue weighted by Crippen LogP contribution is 2.23. The second-order valence-corrected chi connectivity index (χ2v) is 4.85. The van der Waals surface area contributed by atoms with E-state index in [1.807, 2.05) is 6.20 Å². The summed E-state index contributed by atoms with van der Waals surface area (Å²) in [6.07, 6.45) is 4.55. The van der Waals surface area contributed by atoms with Gasteiger partial charge in [-0.05, 0) is 26.3 Å². The minimum atomic E-state index is 0.714. The van der Waals surface area contributed by atoms with E-state index in [1.54, 1.807) is 11.3 Å². The monoisotopic (exact) mass is 212 g/mol. The van der Waals surface area contributed by atoms with Crippen LogP contribution in [0.25, 0.3) is 0 Å². The van der Waals surface area contributed by atoms with Crippen molar-refractivity contribution in [1.29, 1.82) is 0 Å². The summed E-state index contributed by atoms with van der Waals surface area (Å²) in [4.78, 5) is 7.94. The Morgan fingerprint density at radius 1 is 1.79 bits per heavy atom. The molecule has 0 spiro atoms. The average molecular weight is 212 g/mol. The number of anilines is 1. The third-order valence-corrected chi connectivity index (χ3v) is 3.64. The van der Waals surface area contributed by atoms with Gasteiger partial charge in [-0.15, -0.1) is 0 Å². The molecule has 2 rings (SSSR count). The molecular weight excluding hydrogens is 196 g/mol. The molecule has 0 bridgehead atoms. The largest absolute Gasteiger partial charge is 0.300 e. The van der Waals surface area contributed by atoms with E-state index in [9.17, 15) is 0 Å². The number of nitrogen functional groups attached to an aromatic ring is 1. The van der Waals surface area contributed by atoms with Crippen molar-refractivity contribution in [3.63, 3.8) is 0 Å². The van der Waals surface area contributed by atoms with Crippen LogP contribution < -0.4 is 11.3 Å². The first-order valence-electron chi connectivity index (χ1n) is 4.95. The molecule has 1 saturated heterocycles. The fourth-order valence-electron chi connectivity index (χ4n) is 1.88. The lowest BCUT2D eigenvalue weighted by Gasteiger charge is -2.19. The average Bonchev–Trinajstić information content (AvgIpc) is 2.77. The number of thiazole rings is 1. The van der Waals surface area contributed by atoms with Crippen molar-refractivity contribution in [2.24, 2.45) is 5.84 Å². The molecule has 14 heavy (non-hydrogen) atoms. The van der Waals surface area contributed by atoms with Crippen molar-refractivity contribution in [2.45, 2.75) is 32.4 Å². The molecule has 1 aromatic rings. The standard InChI is InChI=1S/C9H16N4S/c1-7-3-2-4-13(7)6-8-5-11-9(12-10)14-8/h5,7H,2-4,6,10H2,1H3,(H,11,12). The van der Waals surface area contributed by atoms with Gasteiger partial charge in [0.05, 0.1) is 0 Å². The SMILES string of the molecule is CC1CCCN1Cc1cnc(NN)s1. The third-order valence-electron chi connectivity index (χ3n) is 2.73. The zero-order chi connectivity index (χ0) is 9.97. The van der Waals surface area contributed by atoms with Crippen LogP contribution in [0.1, 0.15) is 24.6 Å². The molecule has 1 atom stereocenters. The number of nitrogens with two attached hydrogens (primary N) is 1. The van der Waals surface area contributed by atoms with Gasteiger partial charge in [0.2, 0.25) is 0 Å². The summed E-state index contributed by atoms with van der Waals surface area (Å²) in [6, 6.07) is 0.714. The number of hydrazine groups is 1. The number of hydrogen-bond donors (Lipinski definition) is 2. The minimum Gasteiger partial charge on any atom is -0.300 e. The Morgan fingerprint density at radius 3 is 3.21 bits per heavy atom. The fraction of sp³-hybridized carbons (Fsp3) is 0.667. The molecular formula is C9H16N4S. The summed E-state index contributed by atoms with van der Waals surface area (Å²) in [5, 5.41) is 0.798. The third kappa shape index (κ3) is 2.05. The van der Waals surface area contributed by atoms with E-state index in [2.05, 4.69) is 22.2 Å². The molecule has 0 radical (unpaired) electrons. The Kier molecular flexibility index (Phi) is 3.00. The van der Waals surface area contributed by atoms with Gasteiger partial charge < -0.3 is 0 Å². The maximum Gasteiger partial charge on any atom is 0.197 e. The van der Waals surface area contributed by atoms with Crippen molar-refractivity contribution in [1.82, 2.24) is 9.88 Å². The molecule has 5 heteroatoms. The van der Waals surface area contributed by atoms with Crippen molar-refractivity contribution in [2.75, 3.05) is 12.0 Å².